The van der Waals surface area contributed by atoms with Gasteiger partial charge in [-0.25, -0.2) is 0 Å². The topological polar surface area (TPSA) is 58.2 Å². The maximum absolute atomic E-state index is 12.8. The monoisotopic (exact) mass is 434 g/mol. The van der Waals surface area contributed by atoms with Gasteiger partial charge < -0.3 is 10.6 Å². The summed E-state index contributed by atoms with van der Waals surface area (Å²) in [6, 6.07) is 7.67. The normalized spacial score (nSPS) is 16.5. The van der Waals surface area contributed by atoms with Gasteiger partial charge in [0.05, 0.1) is 26.5 Å². The fourth-order valence-corrected chi connectivity index (χ4v) is 3.80. The number of amides is 2. The predicted molar refractivity (Wildman–Crippen MR) is 99.4 cm³/mol. The number of carbonyl (C=O) groups is 2. The van der Waals surface area contributed by atoms with Crippen molar-refractivity contribution >= 4 is 58.2 Å². The molecular formula is C17H11Cl2F3N2O2S. The van der Waals surface area contributed by atoms with Crippen LogP contribution in [0.3, 0.4) is 0 Å². The highest BCUT2D eigenvalue weighted by Crippen LogP contribution is 2.40. The van der Waals surface area contributed by atoms with Crippen LogP contribution in [0, 0.1) is 0 Å². The van der Waals surface area contributed by atoms with Crippen LogP contribution >= 0.6 is 35.0 Å². The molecule has 10 heteroatoms. The van der Waals surface area contributed by atoms with Gasteiger partial charge in [0.1, 0.15) is 0 Å². The molecule has 1 aliphatic heterocycles. The Morgan fingerprint density at radius 3 is 2.56 bits per heavy atom. The summed E-state index contributed by atoms with van der Waals surface area (Å²) in [6.07, 6.45) is -4.65. The quantitative estimate of drug-likeness (QED) is 0.674. The number of nitrogens with one attached hydrogen (secondary N) is 2. The number of rotatable bonds is 3. The van der Waals surface area contributed by atoms with Crippen molar-refractivity contribution in [2.45, 2.75) is 22.7 Å². The molecule has 1 heterocycles. The first kappa shape index (κ1) is 19.9. The van der Waals surface area contributed by atoms with Crippen molar-refractivity contribution < 1.29 is 22.8 Å². The van der Waals surface area contributed by atoms with Gasteiger partial charge in [0.15, 0.2) is 0 Å². The van der Waals surface area contributed by atoms with Crippen molar-refractivity contribution in [3.8, 4) is 0 Å². The Morgan fingerprint density at radius 2 is 1.89 bits per heavy atom. The van der Waals surface area contributed by atoms with Crippen molar-refractivity contribution in [2.24, 2.45) is 0 Å². The van der Waals surface area contributed by atoms with Crippen molar-refractivity contribution in [2.75, 3.05) is 10.6 Å². The molecule has 2 aromatic rings. The van der Waals surface area contributed by atoms with E-state index in [9.17, 15) is 22.8 Å². The van der Waals surface area contributed by atoms with Crippen molar-refractivity contribution in [3.63, 3.8) is 0 Å². The van der Waals surface area contributed by atoms with Crippen LogP contribution in [0.15, 0.2) is 41.3 Å². The van der Waals surface area contributed by atoms with Crippen LogP contribution in [0.1, 0.15) is 12.0 Å². The molecule has 2 amide bonds. The van der Waals surface area contributed by atoms with Gasteiger partial charge in [-0.1, -0.05) is 23.2 Å². The van der Waals surface area contributed by atoms with Crippen LogP contribution in [0.25, 0.3) is 0 Å². The first-order chi connectivity index (χ1) is 12.6. The summed E-state index contributed by atoms with van der Waals surface area (Å²) in [7, 11) is 0. The largest absolute Gasteiger partial charge is 0.416 e. The number of hydrogen-bond donors (Lipinski definition) is 2. The summed E-state index contributed by atoms with van der Waals surface area (Å²) in [5.41, 5.74) is -0.343. The molecule has 3 rings (SSSR count). The summed E-state index contributed by atoms with van der Waals surface area (Å²) in [6.45, 7) is 0. The molecule has 0 saturated heterocycles. The van der Waals surface area contributed by atoms with E-state index in [2.05, 4.69) is 10.6 Å². The van der Waals surface area contributed by atoms with E-state index in [-0.39, 0.29) is 17.1 Å². The Bertz CT molecular complexity index is 922. The fourth-order valence-electron chi connectivity index (χ4n) is 2.42. The predicted octanol–water partition coefficient (Wildman–Crippen LogP) is 5.45. The van der Waals surface area contributed by atoms with Crippen LogP contribution < -0.4 is 10.6 Å². The molecule has 0 aliphatic carbocycles. The molecule has 0 fully saturated rings. The Kier molecular flexibility index (Phi) is 5.60. The molecule has 2 N–H and O–H groups in total. The second-order valence-corrected chi connectivity index (χ2v) is 7.74. The Labute approximate surface area is 166 Å². The Morgan fingerprint density at radius 1 is 1.15 bits per heavy atom. The lowest BCUT2D eigenvalue weighted by molar-refractivity contribution is -0.137. The third-order valence-corrected chi connectivity index (χ3v) is 5.71. The lowest BCUT2D eigenvalue weighted by Gasteiger charge is -2.24. The number of benzene rings is 2. The molecule has 0 aromatic heterocycles. The highest BCUT2D eigenvalue weighted by molar-refractivity contribution is 8.01. The summed E-state index contributed by atoms with van der Waals surface area (Å²) >= 11 is 12.7. The van der Waals surface area contributed by atoms with Crippen LogP contribution in [0.2, 0.25) is 10.0 Å². The van der Waals surface area contributed by atoms with Gasteiger partial charge in [-0.2, -0.15) is 13.2 Å². The highest BCUT2D eigenvalue weighted by Gasteiger charge is 2.34. The molecule has 4 nitrogen and oxygen atoms in total. The summed E-state index contributed by atoms with van der Waals surface area (Å²) < 4.78 is 38.3. The summed E-state index contributed by atoms with van der Waals surface area (Å²) in [5.74, 6) is -0.965. The van der Waals surface area contributed by atoms with E-state index in [1.54, 1.807) is 6.07 Å². The van der Waals surface area contributed by atoms with Gasteiger partial charge in [-0.15, -0.1) is 11.8 Å². The van der Waals surface area contributed by atoms with Crippen LogP contribution in [0.4, 0.5) is 24.5 Å². The van der Waals surface area contributed by atoms with Crippen molar-refractivity contribution in [3.05, 3.63) is 52.0 Å². The minimum absolute atomic E-state index is 0.0842. The second-order valence-electron chi connectivity index (χ2n) is 5.69. The molecule has 0 spiro atoms. The van der Waals surface area contributed by atoms with E-state index in [0.717, 1.165) is 23.9 Å². The lowest BCUT2D eigenvalue weighted by atomic mass is 10.1. The van der Waals surface area contributed by atoms with Crippen LogP contribution in [-0.2, 0) is 15.8 Å². The van der Waals surface area contributed by atoms with Gasteiger partial charge in [-0.3, -0.25) is 9.59 Å². The maximum atomic E-state index is 12.8. The SMILES string of the molecule is O=C(C[C@H]1Sc2ccc(C(F)(F)F)cc2NC1=O)Nc1ccc(Cl)c(Cl)c1. The average Bonchev–Trinajstić information content (AvgIpc) is 2.57. The zero-order valence-corrected chi connectivity index (χ0v) is 15.7. The highest BCUT2D eigenvalue weighted by atomic mass is 35.5. The number of hydrogen-bond acceptors (Lipinski definition) is 3. The number of halogens is 5. The second kappa shape index (κ2) is 7.61. The van der Waals surface area contributed by atoms with E-state index >= 15 is 0 Å². The zero-order valence-electron chi connectivity index (χ0n) is 13.4. The first-order valence-corrected chi connectivity index (χ1v) is 9.21. The third kappa shape index (κ3) is 4.69. The standard InChI is InChI=1S/C17H11Cl2F3N2O2S/c18-10-3-2-9(6-11(10)19)23-15(25)7-14-16(26)24-12-5-8(17(20,21)22)1-4-13(12)27-14/h1-6,14H,7H2,(H,23,25)(H,24,26)/t14-/m1/s1. The molecule has 27 heavy (non-hydrogen) atoms. The number of thioether (sulfide) groups is 1. The van der Waals surface area contributed by atoms with Crippen LogP contribution in [-0.4, -0.2) is 17.1 Å². The van der Waals surface area contributed by atoms with Gasteiger partial charge in [0.2, 0.25) is 11.8 Å². The summed E-state index contributed by atoms with van der Waals surface area (Å²) in [4.78, 5) is 24.8. The molecule has 0 unspecified atom stereocenters. The minimum atomic E-state index is -4.50. The Hall–Kier alpha value is -1.90. The first-order valence-electron chi connectivity index (χ1n) is 7.57. The number of carbonyl (C=O) groups excluding carboxylic acids is 2. The molecule has 0 radical (unpaired) electrons. The maximum Gasteiger partial charge on any atom is 0.416 e. The molecule has 1 atom stereocenters. The van der Waals surface area contributed by atoms with Gasteiger partial charge in [0, 0.05) is 17.0 Å². The molecule has 0 saturated carbocycles. The average molecular weight is 435 g/mol. The number of alkyl halides is 3. The lowest BCUT2D eigenvalue weighted by Crippen LogP contribution is -2.32. The van der Waals surface area contributed by atoms with Crippen LogP contribution in [0.5, 0.6) is 0 Å². The number of anilines is 2. The molecule has 1 aliphatic rings. The van der Waals surface area contributed by atoms with Gasteiger partial charge in [0.25, 0.3) is 0 Å². The molecule has 0 bridgehead atoms. The van der Waals surface area contributed by atoms with Crippen molar-refractivity contribution in [1.82, 2.24) is 0 Å². The molecule has 2 aromatic carbocycles. The fraction of sp³-hybridized carbons (Fsp3) is 0.176. The van der Waals surface area contributed by atoms with E-state index < -0.39 is 28.8 Å². The van der Waals surface area contributed by atoms with Gasteiger partial charge >= 0.3 is 6.18 Å². The minimum Gasteiger partial charge on any atom is -0.326 e. The Balaban J connectivity index is 1.69. The van der Waals surface area contributed by atoms with Gasteiger partial charge in [-0.05, 0) is 36.4 Å². The van der Waals surface area contributed by atoms with E-state index in [4.69, 9.17) is 23.2 Å². The van der Waals surface area contributed by atoms with E-state index in [0.29, 0.717) is 15.6 Å². The number of fused-ring (bicyclic) bond motifs is 1. The molecular weight excluding hydrogens is 424 g/mol. The van der Waals surface area contributed by atoms with E-state index in [1.807, 2.05) is 0 Å². The van der Waals surface area contributed by atoms with E-state index in [1.165, 1.54) is 18.2 Å². The van der Waals surface area contributed by atoms with Crippen molar-refractivity contribution in [1.29, 1.82) is 0 Å². The summed E-state index contributed by atoms with van der Waals surface area (Å²) in [5, 5.41) is 4.88. The smallest absolute Gasteiger partial charge is 0.326 e. The zero-order chi connectivity index (χ0) is 19.8. The third-order valence-electron chi connectivity index (χ3n) is 3.70. The molecule has 142 valence electrons.